The average Bonchev–Trinajstić information content (AvgIpc) is 2.51. The van der Waals surface area contributed by atoms with Gasteiger partial charge in [0.1, 0.15) is 0 Å². The number of hydrogen-bond acceptors (Lipinski definition) is 2. The molecule has 0 aromatic rings. The van der Waals surface area contributed by atoms with Crippen LogP contribution in [0.15, 0.2) is 0 Å². The largest absolute Gasteiger partial charge is 0.313 e. The molecule has 0 spiro atoms. The van der Waals surface area contributed by atoms with E-state index in [9.17, 15) is 0 Å². The fourth-order valence-electron chi connectivity index (χ4n) is 3.58. The Morgan fingerprint density at radius 3 is 2.88 bits per heavy atom. The molecule has 1 saturated heterocycles. The third-order valence-corrected chi connectivity index (χ3v) is 4.57. The Kier molecular flexibility index (Phi) is 5.30. The monoisotopic (exact) mass is 238 g/mol. The summed E-state index contributed by atoms with van der Waals surface area (Å²) in [4.78, 5) is 2.68. The molecule has 100 valence electrons. The van der Waals surface area contributed by atoms with Crippen molar-refractivity contribution >= 4 is 0 Å². The van der Waals surface area contributed by atoms with Gasteiger partial charge in [-0.2, -0.15) is 0 Å². The summed E-state index contributed by atoms with van der Waals surface area (Å²) in [5.41, 5.74) is 0. The van der Waals surface area contributed by atoms with Gasteiger partial charge in [0.2, 0.25) is 0 Å². The van der Waals surface area contributed by atoms with E-state index in [4.69, 9.17) is 0 Å². The highest BCUT2D eigenvalue weighted by molar-refractivity contribution is 4.76. The predicted octanol–water partition coefficient (Wildman–Crippen LogP) is 2.89. The van der Waals surface area contributed by atoms with Crippen molar-refractivity contribution in [1.82, 2.24) is 10.2 Å². The summed E-state index contributed by atoms with van der Waals surface area (Å²) in [6, 6.07) is 0.683. The van der Waals surface area contributed by atoms with Gasteiger partial charge in [-0.1, -0.05) is 26.2 Å². The molecule has 17 heavy (non-hydrogen) atoms. The molecule has 0 bridgehead atoms. The van der Waals surface area contributed by atoms with E-state index in [0.717, 1.165) is 11.8 Å². The van der Waals surface area contributed by atoms with E-state index in [2.05, 4.69) is 24.1 Å². The molecule has 2 rings (SSSR count). The Morgan fingerprint density at radius 2 is 2.06 bits per heavy atom. The van der Waals surface area contributed by atoms with Gasteiger partial charge in [0.25, 0.3) is 0 Å². The standard InChI is InChI=1S/C15H30N2/c1-13-5-3-6-15(11-13)7-10-17-9-4-8-16-14(2)12-17/h13-16H,3-12H2,1-2H3. The van der Waals surface area contributed by atoms with Crippen molar-refractivity contribution in [2.45, 2.75) is 58.4 Å². The molecule has 2 aliphatic rings. The molecule has 3 atom stereocenters. The summed E-state index contributed by atoms with van der Waals surface area (Å²) in [5.74, 6) is 2.00. The van der Waals surface area contributed by atoms with E-state index in [-0.39, 0.29) is 0 Å². The molecule has 1 saturated carbocycles. The van der Waals surface area contributed by atoms with Crippen LogP contribution in [0.4, 0.5) is 0 Å². The first kappa shape index (κ1) is 13.4. The Bertz CT molecular complexity index is 217. The highest BCUT2D eigenvalue weighted by Crippen LogP contribution is 2.30. The number of hydrogen-bond donors (Lipinski definition) is 1. The normalized spacial score (nSPS) is 36.7. The van der Waals surface area contributed by atoms with Crippen LogP contribution in [0.1, 0.15) is 52.4 Å². The summed E-state index contributed by atoms with van der Waals surface area (Å²) in [6.07, 6.45) is 8.70. The van der Waals surface area contributed by atoms with Gasteiger partial charge in [0.15, 0.2) is 0 Å². The molecule has 2 fully saturated rings. The van der Waals surface area contributed by atoms with Gasteiger partial charge < -0.3 is 10.2 Å². The lowest BCUT2D eigenvalue weighted by Crippen LogP contribution is -2.36. The minimum Gasteiger partial charge on any atom is -0.313 e. The molecule has 0 amide bonds. The van der Waals surface area contributed by atoms with E-state index >= 15 is 0 Å². The lowest BCUT2D eigenvalue weighted by molar-refractivity contribution is 0.211. The van der Waals surface area contributed by atoms with E-state index in [1.807, 2.05) is 0 Å². The third kappa shape index (κ3) is 4.59. The van der Waals surface area contributed by atoms with Gasteiger partial charge in [-0.15, -0.1) is 0 Å². The number of rotatable bonds is 3. The molecule has 1 aliphatic heterocycles. The van der Waals surface area contributed by atoms with Crippen molar-refractivity contribution in [2.24, 2.45) is 11.8 Å². The second-order valence-corrected chi connectivity index (χ2v) is 6.44. The Balaban J connectivity index is 1.69. The first-order valence-electron chi connectivity index (χ1n) is 7.70. The summed E-state index contributed by atoms with van der Waals surface area (Å²) < 4.78 is 0. The van der Waals surface area contributed by atoms with Gasteiger partial charge in [0.05, 0.1) is 0 Å². The highest BCUT2D eigenvalue weighted by Gasteiger charge is 2.20. The van der Waals surface area contributed by atoms with Crippen LogP contribution < -0.4 is 5.32 Å². The fourth-order valence-corrected chi connectivity index (χ4v) is 3.58. The Hall–Kier alpha value is -0.0800. The smallest absolute Gasteiger partial charge is 0.0166 e. The SMILES string of the molecule is CC1CCCC(CCN2CCCNC(C)C2)C1. The van der Waals surface area contributed by atoms with E-state index in [1.54, 1.807) is 0 Å². The molecule has 0 radical (unpaired) electrons. The number of nitrogens with one attached hydrogen (secondary N) is 1. The van der Waals surface area contributed by atoms with Gasteiger partial charge in [0, 0.05) is 12.6 Å². The van der Waals surface area contributed by atoms with Crippen LogP contribution in [0.25, 0.3) is 0 Å². The van der Waals surface area contributed by atoms with Crippen molar-refractivity contribution < 1.29 is 0 Å². The van der Waals surface area contributed by atoms with Crippen molar-refractivity contribution in [3.8, 4) is 0 Å². The first-order valence-corrected chi connectivity index (χ1v) is 7.70. The summed E-state index contributed by atoms with van der Waals surface area (Å²) >= 11 is 0. The van der Waals surface area contributed by atoms with E-state index in [0.29, 0.717) is 6.04 Å². The first-order chi connectivity index (χ1) is 8.24. The molecule has 1 aliphatic carbocycles. The topological polar surface area (TPSA) is 15.3 Å². The second-order valence-electron chi connectivity index (χ2n) is 6.44. The Labute approximate surface area is 107 Å². The molecule has 2 heteroatoms. The van der Waals surface area contributed by atoms with Gasteiger partial charge in [-0.25, -0.2) is 0 Å². The molecule has 2 nitrogen and oxygen atoms in total. The lowest BCUT2D eigenvalue weighted by Gasteiger charge is -2.29. The van der Waals surface area contributed by atoms with Gasteiger partial charge in [-0.05, 0) is 57.7 Å². The van der Waals surface area contributed by atoms with Gasteiger partial charge >= 0.3 is 0 Å². The van der Waals surface area contributed by atoms with Crippen LogP contribution in [-0.2, 0) is 0 Å². The van der Waals surface area contributed by atoms with Crippen LogP contribution in [0.5, 0.6) is 0 Å². The molecule has 0 aromatic heterocycles. The molecular formula is C15H30N2. The summed E-state index contributed by atoms with van der Waals surface area (Å²) in [6.45, 7) is 9.86. The zero-order valence-electron chi connectivity index (χ0n) is 11.8. The molecule has 0 aromatic carbocycles. The van der Waals surface area contributed by atoms with Crippen LogP contribution in [0.2, 0.25) is 0 Å². The predicted molar refractivity (Wildman–Crippen MR) is 74.3 cm³/mol. The maximum Gasteiger partial charge on any atom is 0.0166 e. The maximum atomic E-state index is 3.58. The Morgan fingerprint density at radius 1 is 1.18 bits per heavy atom. The lowest BCUT2D eigenvalue weighted by atomic mass is 9.81. The molecule has 1 heterocycles. The van der Waals surface area contributed by atoms with Crippen molar-refractivity contribution in [1.29, 1.82) is 0 Å². The molecular weight excluding hydrogens is 208 g/mol. The van der Waals surface area contributed by atoms with E-state index < -0.39 is 0 Å². The van der Waals surface area contributed by atoms with Crippen molar-refractivity contribution in [3.05, 3.63) is 0 Å². The van der Waals surface area contributed by atoms with Crippen LogP contribution in [-0.4, -0.2) is 37.1 Å². The number of nitrogens with zero attached hydrogens (tertiary/aromatic N) is 1. The maximum absolute atomic E-state index is 3.58. The van der Waals surface area contributed by atoms with Crippen LogP contribution >= 0.6 is 0 Å². The van der Waals surface area contributed by atoms with Crippen LogP contribution in [0.3, 0.4) is 0 Å². The minimum absolute atomic E-state index is 0.683. The quantitative estimate of drug-likeness (QED) is 0.813. The molecule has 1 N–H and O–H groups in total. The second kappa shape index (κ2) is 6.75. The van der Waals surface area contributed by atoms with E-state index in [1.165, 1.54) is 64.7 Å². The molecule has 3 unspecified atom stereocenters. The zero-order valence-corrected chi connectivity index (χ0v) is 11.8. The fraction of sp³-hybridized carbons (Fsp3) is 1.00. The summed E-state index contributed by atoms with van der Waals surface area (Å²) in [5, 5.41) is 3.58. The van der Waals surface area contributed by atoms with Crippen molar-refractivity contribution in [2.75, 3.05) is 26.2 Å². The highest BCUT2D eigenvalue weighted by atomic mass is 15.2. The average molecular weight is 238 g/mol. The zero-order chi connectivity index (χ0) is 12.1. The minimum atomic E-state index is 0.683. The van der Waals surface area contributed by atoms with Gasteiger partial charge in [-0.3, -0.25) is 0 Å². The van der Waals surface area contributed by atoms with Crippen molar-refractivity contribution in [3.63, 3.8) is 0 Å². The third-order valence-electron chi connectivity index (χ3n) is 4.57. The summed E-state index contributed by atoms with van der Waals surface area (Å²) in [7, 11) is 0. The van der Waals surface area contributed by atoms with Crippen LogP contribution in [0, 0.1) is 11.8 Å².